The van der Waals surface area contributed by atoms with E-state index in [9.17, 15) is 9.90 Å². The lowest BCUT2D eigenvalue weighted by Crippen LogP contribution is -2.43. The van der Waals surface area contributed by atoms with Crippen LogP contribution in [0.5, 0.6) is 0 Å². The van der Waals surface area contributed by atoms with Gasteiger partial charge in [0.25, 0.3) is 0 Å². The van der Waals surface area contributed by atoms with Gasteiger partial charge in [0.05, 0.1) is 17.8 Å². The summed E-state index contributed by atoms with van der Waals surface area (Å²) in [5.41, 5.74) is 2.34. The van der Waals surface area contributed by atoms with E-state index in [4.69, 9.17) is 0 Å². The van der Waals surface area contributed by atoms with Crippen molar-refractivity contribution in [2.24, 2.45) is 0 Å². The summed E-state index contributed by atoms with van der Waals surface area (Å²) in [6.45, 7) is 4.34. The topological polar surface area (TPSA) is 70.4 Å². The summed E-state index contributed by atoms with van der Waals surface area (Å²) in [5, 5.41) is 17.8. The summed E-state index contributed by atoms with van der Waals surface area (Å²) in [4.78, 5) is 13.9. The number of aliphatic hydroxyl groups is 1. The standard InChI is InChI=1S/C19H26N4O2/c1-14-6-8-16(9-7-14)23-15(2)12-17(21-23)20-18(24)22(3)13-19(25)10-4-5-11-19/h6-9,12,25H,4-5,10-11,13H2,1-3H3,(H,20,21,24). The van der Waals surface area contributed by atoms with E-state index in [1.54, 1.807) is 11.7 Å². The number of nitrogens with zero attached hydrogens (tertiary/aromatic N) is 3. The first-order chi connectivity index (χ1) is 11.9. The molecule has 2 N–H and O–H groups in total. The Bertz CT molecular complexity index is 745. The van der Waals surface area contributed by atoms with E-state index < -0.39 is 5.60 Å². The SMILES string of the molecule is Cc1ccc(-n2nc(NC(=O)N(C)CC3(O)CCCC3)cc2C)cc1. The number of carbonyl (C=O) groups excluding carboxylic acids is 1. The van der Waals surface area contributed by atoms with Gasteiger partial charge in [-0.05, 0) is 38.8 Å². The normalized spacial score (nSPS) is 16.0. The van der Waals surface area contributed by atoms with Crippen molar-refractivity contribution in [1.29, 1.82) is 0 Å². The Morgan fingerprint density at radius 3 is 2.56 bits per heavy atom. The van der Waals surface area contributed by atoms with Crippen LogP contribution in [-0.4, -0.2) is 45.0 Å². The Morgan fingerprint density at radius 2 is 1.92 bits per heavy atom. The number of benzene rings is 1. The number of aromatic nitrogens is 2. The summed E-state index contributed by atoms with van der Waals surface area (Å²) in [5.74, 6) is 0.508. The van der Waals surface area contributed by atoms with E-state index in [-0.39, 0.29) is 6.03 Å². The quantitative estimate of drug-likeness (QED) is 0.896. The van der Waals surface area contributed by atoms with E-state index in [0.717, 1.165) is 37.1 Å². The number of urea groups is 1. The number of anilines is 1. The Morgan fingerprint density at radius 1 is 1.28 bits per heavy atom. The summed E-state index contributed by atoms with van der Waals surface area (Å²) in [6, 6.07) is 9.66. The second kappa shape index (κ2) is 6.88. The van der Waals surface area contributed by atoms with Gasteiger partial charge >= 0.3 is 6.03 Å². The highest BCUT2D eigenvalue weighted by Crippen LogP contribution is 2.30. The molecule has 1 heterocycles. The van der Waals surface area contributed by atoms with E-state index in [1.165, 1.54) is 10.5 Å². The minimum Gasteiger partial charge on any atom is -0.388 e. The van der Waals surface area contributed by atoms with Gasteiger partial charge in [0.2, 0.25) is 0 Å². The molecule has 0 spiro atoms. The molecular weight excluding hydrogens is 316 g/mol. The average molecular weight is 342 g/mol. The van der Waals surface area contributed by atoms with Gasteiger partial charge in [-0.15, -0.1) is 5.10 Å². The van der Waals surface area contributed by atoms with Crippen LogP contribution in [-0.2, 0) is 0 Å². The van der Waals surface area contributed by atoms with Crippen LogP contribution in [0.1, 0.15) is 36.9 Å². The molecule has 1 aliphatic rings. The van der Waals surface area contributed by atoms with Crippen LogP contribution < -0.4 is 5.32 Å². The molecule has 1 saturated carbocycles. The first-order valence-electron chi connectivity index (χ1n) is 8.74. The molecule has 0 unspecified atom stereocenters. The van der Waals surface area contributed by atoms with Crippen LogP contribution in [0.25, 0.3) is 5.69 Å². The second-order valence-electron chi connectivity index (χ2n) is 7.14. The lowest BCUT2D eigenvalue weighted by Gasteiger charge is -2.28. The average Bonchev–Trinajstić information content (AvgIpc) is 3.14. The second-order valence-corrected chi connectivity index (χ2v) is 7.14. The molecule has 1 fully saturated rings. The highest BCUT2D eigenvalue weighted by Gasteiger charge is 2.33. The van der Waals surface area contributed by atoms with E-state index in [0.29, 0.717) is 12.4 Å². The minimum absolute atomic E-state index is 0.256. The molecule has 6 heteroatoms. The van der Waals surface area contributed by atoms with E-state index in [1.807, 2.05) is 44.2 Å². The van der Waals surface area contributed by atoms with Gasteiger partial charge in [-0.25, -0.2) is 9.48 Å². The van der Waals surface area contributed by atoms with Gasteiger partial charge in [0, 0.05) is 18.8 Å². The predicted molar refractivity (Wildman–Crippen MR) is 98.1 cm³/mol. The van der Waals surface area contributed by atoms with Gasteiger partial charge < -0.3 is 10.0 Å². The maximum absolute atomic E-state index is 12.4. The number of hydrogen-bond acceptors (Lipinski definition) is 3. The molecule has 6 nitrogen and oxygen atoms in total. The van der Waals surface area contributed by atoms with Gasteiger partial charge in [0.15, 0.2) is 5.82 Å². The van der Waals surface area contributed by atoms with E-state index >= 15 is 0 Å². The molecular formula is C19H26N4O2. The molecule has 0 aliphatic heterocycles. The van der Waals surface area contributed by atoms with Crippen molar-refractivity contribution < 1.29 is 9.90 Å². The van der Waals surface area contributed by atoms with Crippen molar-refractivity contribution in [3.63, 3.8) is 0 Å². The van der Waals surface area contributed by atoms with Crippen LogP contribution in [0, 0.1) is 13.8 Å². The largest absolute Gasteiger partial charge is 0.388 e. The number of rotatable bonds is 4. The molecule has 3 rings (SSSR count). The van der Waals surface area contributed by atoms with Crippen molar-refractivity contribution in [2.45, 2.75) is 45.1 Å². The van der Waals surface area contributed by atoms with Gasteiger partial charge in [-0.1, -0.05) is 30.5 Å². The predicted octanol–water partition coefficient (Wildman–Crippen LogP) is 3.26. The third-order valence-corrected chi connectivity index (χ3v) is 4.81. The highest BCUT2D eigenvalue weighted by molar-refractivity contribution is 5.88. The fourth-order valence-corrected chi connectivity index (χ4v) is 3.39. The van der Waals surface area contributed by atoms with Gasteiger partial charge in [-0.3, -0.25) is 5.32 Å². The smallest absolute Gasteiger partial charge is 0.322 e. The summed E-state index contributed by atoms with van der Waals surface area (Å²) < 4.78 is 1.81. The molecule has 2 amide bonds. The zero-order valence-electron chi connectivity index (χ0n) is 15.1. The van der Waals surface area contributed by atoms with Crippen LogP contribution in [0.3, 0.4) is 0 Å². The fraction of sp³-hybridized carbons (Fsp3) is 0.474. The highest BCUT2D eigenvalue weighted by atomic mass is 16.3. The first-order valence-corrected chi connectivity index (χ1v) is 8.74. The molecule has 1 aromatic heterocycles. The van der Waals surface area contributed by atoms with Crippen LogP contribution in [0.15, 0.2) is 30.3 Å². The zero-order valence-corrected chi connectivity index (χ0v) is 15.1. The number of nitrogens with one attached hydrogen (secondary N) is 1. The summed E-state index contributed by atoms with van der Waals surface area (Å²) in [6.07, 6.45) is 3.55. The zero-order chi connectivity index (χ0) is 18.0. The Kier molecular flexibility index (Phi) is 4.81. The van der Waals surface area contributed by atoms with Crippen molar-refractivity contribution in [1.82, 2.24) is 14.7 Å². The Labute approximate surface area is 148 Å². The first kappa shape index (κ1) is 17.5. The van der Waals surface area contributed by atoms with Gasteiger partial charge in [-0.2, -0.15) is 0 Å². The molecule has 134 valence electrons. The Balaban J connectivity index is 1.67. The molecule has 0 saturated heterocycles. The number of carbonyl (C=O) groups is 1. The molecule has 25 heavy (non-hydrogen) atoms. The lowest BCUT2D eigenvalue weighted by atomic mass is 10.0. The molecule has 1 aromatic carbocycles. The maximum atomic E-state index is 12.4. The monoisotopic (exact) mass is 342 g/mol. The molecule has 0 atom stereocenters. The van der Waals surface area contributed by atoms with Crippen molar-refractivity contribution >= 4 is 11.8 Å². The minimum atomic E-state index is -0.747. The maximum Gasteiger partial charge on any atom is 0.322 e. The van der Waals surface area contributed by atoms with E-state index in [2.05, 4.69) is 10.4 Å². The molecule has 1 aliphatic carbocycles. The third kappa shape index (κ3) is 4.02. The molecule has 0 radical (unpaired) electrons. The third-order valence-electron chi connectivity index (χ3n) is 4.81. The fourth-order valence-electron chi connectivity index (χ4n) is 3.39. The van der Waals surface area contributed by atoms with Crippen molar-refractivity contribution in [3.05, 3.63) is 41.6 Å². The number of aryl methyl sites for hydroxylation is 2. The Hall–Kier alpha value is -2.34. The molecule has 2 aromatic rings. The number of amides is 2. The van der Waals surface area contributed by atoms with Crippen LogP contribution >= 0.6 is 0 Å². The summed E-state index contributed by atoms with van der Waals surface area (Å²) in [7, 11) is 1.70. The van der Waals surface area contributed by atoms with Gasteiger partial charge in [0.1, 0.15) is 0 Å². The summed E-state index contributed by atoms with van der Waals surface area (Å²) >= 11 is 0. The lowest BCUT2D eigenvalue weighted by molar-refractivity contribution is 0.0261. The van der Waals surface area contributed by atoms with Crippen molar-refractivity contribution in [3.8, 4) is 5.69 Å². The number of likely N-dealkylation sites (N-methyl/N-ethyl adjacent to an activating group) is 1. The van der Waals surface area contributed by atoms with Crippen molar-refractivity contribution in [2.75, 3.05) is 18.9 Å². The molecule has 0 bridgehead atoms. The van der Waals surface area contributed by atoms with Crippen LogP contribution in [0.2, 0.25) is 0 Å². The van der Waals surface area contributed by atoms with Crippen LogP contribution in [0.4, 0.5) is 10.6 Å². The number of hydrogen-bond donors (Lipinski definition) is 2.